The summed E-state index contributed by atoms with van der Waals surface area (Å²) < 4.78 is 24.8. The molecule has 4 nitrogen and oxygen atoms in total. The van der Waals surface area contributed by atoms with E-state index in [4.69, 9.17) is 9.47 Å². The fourth-order valence-corrected chi connectivity index (χ4v) is 3.21. The summed E-state index contributed by atoms with van der Waals surface area (Å²) >= 11 is 1.45. The van der Waals surface area contributed by atoms with E-state index < -0.39 is 5.97 Å². The van der Waals surface area contributed by atoms with Crippen LogP contribution in [0.2, 0.25) is 0 Å². The number of carbonyl (C=O) groups excluding carboxylic acids is 1. The Kier molecular flexibility index (Phi) is 4.80. The summed E-state index contributed by atoms with van der Waals surface area (Å²) in [5, 5.41) is 1.89. The van der Waals surface area contributed by atoms with Gasteiger partial charge < -0.3 is 9.47 Å². The van der Waals surface area contributed by atoms with Crippen LogP contribution in [0.15, 0.2) is 76.7 Å². The second-order valence-corrected chi connectivity index (χ2v) is 6.68. The molecule has 0 N–H and O–H groups in total. The Morgan fingerprint density at radius 3 is 2.70 bits per heavy atom. The number of carbonyl (C=O) groups is 1. The van der Waals surface area contributed by atoms with E-state index in [0.717, 1.165) is 4.88 Å². The molecule has 0 amide bonds. The predicted molar refractivity (Wildman–Crippen MR) is 102 cm³/mol. The third kappa shape index (κ3) is 3.80. The summed E-state index contributed by atoms with van der Waals surface area (Å²) in [4.78, 5) is 17.2. The Morgan fingerprint density at radius 2 is 1.89 bits per heavy atom. The van der Waals surface area contributed by atoms with E-state index in [1.54, 1.807) is 36.4 Å². The van der Waals surface area contributed by atoms with Crippen molar-refractivity contribution in [2.75, 3.05) is 0 Å². The summed E-state index contributed by atoms with van der Waals surface area (Å²) in [5.41, 5.74) is 1.32. The Labute approximate surface area is 159 Å². The van der Waals surface area contributed by atoms with Crippen molar-refractivity contribution in [3.63, 3.8) is 0 Å². The SMILES string of the molecule is O=C1OC(c2cccs2)=N/C1=C/c1ccccc1OCc1ccccc1F. The van der Waals surface area contributed by atoms with Gasteiger partial charge in [0.25, 0.3) is 0 Å². The second-order valence-electron chi connectivity index (χ2n) is 5.73. The average Bonchev–Trinajstić information content (AvgIpc) is 3.33. The number of esters is 1. The Morgan fingerprint density at radius 1 is 1.07 bits per heavy atom. The van der Waals surface area contributed by atoms with Crippen LogP contribution in [0.3, 0.4) is 0 Å². The van der Waals surface area contributed by atoms with Crippen molar-refractivity contribution < 1.29 is 18.7 Å². The van der Waals surface area contributed by atoms with Crippen molar-refractivity contribution in [3.05, 3.63) is 93.6 Å². The molecule has 0 aliphatic carbocycles. The van der Waals surface area contributed by atoms with Crippen LogP contribution in [0, 0.1) is 5.82 Å². The maximum atomic E-state index is 13.8. The first-order valence-corrected chi connectivity index (χ1v) is 9.10. The number of halogens is 1. The van der Waals surface area contributed by atoms with E-state index in [1.165, 1.54) is 17.4 Å². The van der Waals surface area contributed by atoms with E-state index in [0.29, 0.717) is 22.8 Å². The molecule has 0 radical (unpaired) electrons. The summed E-state index contributed by atoms with van der Waals surface area (Å²) in [6.45, 7) is 0.0843. The number of benzene rings is 2. The van der Waals surface area contributed by atoms with E-state index in [2.05, 4.69) is 4.99 Å². The quantitative estimate of drug-likeness (QED) is 0.472. The van der Waals surface area contributed by atoms with Gasteiger partial charge in [-0.25, -0.2) is 14.2 Å². The molecule has 0 atom stereocenters. The zero-order chi connectivity index (χ0) is 18.6. The molecule has 2 aromatic carbocycles. The highest BCUT2D eigenvalue weighted by molar-refractivity contribution is 7.12. The molecule has 3 aromatic rings. The fourth-order valence-electron chi connectivity index (χ4n) is 2.56. The number of thiophene rings is 1. The molecule has 6 heteroatoms. The van der Waals surface area contributed by atoms with Gasteiger partial charge in [-0.15, -0.1) is 11.3 Å². The molecule has 1 aliphatic rings. The van der Waals surface area contributed by atoms with Crippen molar-refractivity contribution in [2.24, 2.45) is 4.99 Å². The molecule has 2 heterocycles. The minimum atomic E-state index is -0.512. The fraction of sp³-hybridized carbons (Fsp3) is 0.0476. The highest BCUT2D eigenvalue weighted by Gasteiger charge is 2.25. The number of nitrogens with zero attached hydrogens (tertiary/aromatic N) is 1. The smallest absolute Gasteiger partial charge is 0.363 e. The van der Waals surface area contributed by atoms with Crippen LogP contribution in [0.25, 0.3) is 6.08 Å². The summed E-state index contributed by atoms with van der Waals surface area (Å²) in [6, 6.07) is 17.3. The predicted octanol–water partition coefficient (Wildman–Crippen LogP) is 4.81. The third-order valence-corrected chi connectivity index (χ3v) is 4.76. The lowest BCUT2D eigenvalue weighted by Crippen LogP contribution is -2.03. The van der Waals surface area contributed by atoms with E-state index in [-0.39, 0.29) is 18.1 Å². The van der Waals surface area contributed by atoms with Gasteiger partial charge in [-0.05, 0) is 29.7 Å². The van der Waals surface area contributed by atoms with Crippen LogP contribution in [0.5, 0.6) is 5.75 Å². The van der Waals surface area contributed by atoms with E-state index in [9.17, 15) is 9.18 Å². The van der Waals surface area contributed by atoms with Gasteiger partial charge in [-0.3, -0.25) is 0 Å². The molecular weight excluding hydrogens is 365 g/mol. The molecule has 0 saturated heterocycles. The monoisotopic (exact) mass is 379 g/mol. The molecule has 0 spiro atoms. The van der Waals surface area contributed by atoms with Crippen LogP contribution in [0.1, 0.15) is 16.0 Å². The molecule has 0 fully saturated rings. The normalized spacial score (nSPS) is 14.9. The van der Waals surface area contributed by atoms with E-state index >= 15 is 0 Å². The van der Waals surface area contributed by atoms with E-state index in [1.807, 2.05) is 29.6 Å². The van der Waals surface area contributed by atoms with Crippen LogP contribution in [-0.4, -0.2) is 11.9 Å². The first-order chi connectivity index (χ1) is 13.2. The minimum Gasteiger partial charge on any atom is -0.488 e. The molecule has 134 valence electrons. The molecule has 4 rings (SSSR count). The lowest BCUT2D eigenvalue weighted by atomic mass is 10.1. The van der Waals surface area contributed by atoms with Gasteiger partial charge >= 0.3 is 5.97 Å². The van der Waals surface area contributed by atoms with Gasteiger partial charge in [0.2, 0.25) is 5.90 Å². The van der Waals surface area contributed by atoms with Crippen LogP contribution < -0.4 is 4.74 Å². The number of hydrogen-bond acceptors (Lipinski definition) is 5. The Balaban J connectivity index is 1.59. The maximum absolute atomic E-state index is 13.8. The third-order valence-electron chi connectivity index (χ3n) is 3.90. The average molecular weight is 379 g/mol. The van der Waals surface area contributed by atoms with Gasteiger partial charge in [0, 0.05) is 11.1 Å². The number of cyclic esters (lactones) is 1. The number of aliphatic imine (C=N–C) groups is 1. The standard InChI is InChI=1S/C21H14FNO3S/c22-16-8-3-1-7-15(16)13-25-18-9-4-2-6-14(18)12-17-21(24)26-20(23-17)19-10-5-11-27-19/h1-12H,13H2/b17-12+. The summed E-state index contributed by atoms with van der Waals surface area (Å²) in [5.74, 6) is -0.00737. The van der Waals surface area contributed by atoms with Crippen molar-refractivity contribution in [3.8, 4) is 5.75 Å². The van der Waals surface area contributed by atoms with Crippen LogP contribution in [-0.2, 0) is 16.1 Å². The molecule has 27 heavy (non-hydrogen) atoms. The van der Waals surface area contributed by atoms with Crippen LogP contribution in [0.4, 0.5) is 4.39 Å². The summed E-state index contributed by atoms with van der Waals surface area (Å²) in [6.07, 6.45) is 1.61. The largest absolute Gasteiger partial charge is 0.488 e. The van der Waals surface area contributed by atoms with Crippen molar-refractivity contribution in [2.45, 2.75) is 6.61 Å². The maximum Gasteiger partial charge on any atom is 0.363 e. The lowest BCUT2D eigenvalue weighted by molar-refractivity contribution is -0.129. The Hall–Kier alpha value is -3.25. The lowest BCUT2D eigenvalue weighted by Gasteiger charge is -2.10. The molecule has 0 bridgehead atoms. The molecule has 1 aliphatic heterocycles. The van der Waals surface area contributed by atoms with Crippen molar-refractivity contribution >= 4 is 29.3 Å². The topological polar surface area (TPSA) is 47.9 Å². The van der Waals surface area contributed by atoms with Crippen molar-refractivity contribution in [1.82, 2.24) is 0 Å². The number of ether oxygens (including phenoxy) is 2. The summed E-state index contributed by atoms with van der Waals surface area (Å²) in [7, 11) is 0. The number of para-hydroxylation sites is 1. The number of rotatable bonds is 5. The molecule has 1 aromatic heterocycles. The van der Waals surface area contributed by atoms with Gasteiger partial charge in [-0.1, -0.05) is 42.5 Å². The zero-order valence-corrected chi connectivity index (χ0v) is 14.9. The first-order valence-electron chi connectivity index (χ1n) is 8.22. The van der Waals surface area contributed by atoms with Crippen molar-refractivity contribution in [1.29, 1.82) is 0 Å². The van der Waals surface area contributed by atoms with Crippen LogP contribution >= 0.6 is 11.3 Å². The molecule has 0 saturated carbocycles. The van der Waals surface area contributed by atoms with Gasteiger partial charge in [0.1, 0.15) is 18.2 Å². The Bertz CT molecular complexity index is 1040. The zero-order valence-electron chi connectivity index (χ0n) is 14.1. The second kappa shape index (κ2) is 7.55. The first kappa shape index (κ1) is 17.2. The highest BCUT2D eigenvalue weighted by atomic mass is 32.1. The van der Waals surface area contributed by atoms with Gasteiger partial charge in [0.05, 0.1) is 4.88 Å². The van der Waals surface area contributed by atoms with Gasteiger partial charge in [-0.2, -0.15) is 0 Å². The highest BCUT2D eigenvalue weighted by Crippen LogP contribution is 2.26. The number of hydrogen-bond donors (Lipinski definition) is 0. The molecular formula is C21H14FNO3S. The minimum absolute atomic E-state index is 0.0843. The molecule has 0 unspecified atom stereocenters. The van der Waals surface area contributed by atoms with Gasteiger partial charge in [0.15, 0.2) is 5.70 Å².